The van der Waals surface area contributed by atoms with Gasteiger partial charge >= 0.3 is 0 Å². The Morgan fingerprint density at radius 1 is 1.17 bits per heavy atom. The van der Waals surface area contributed by atoms with Gasteiger partial charge in [0.05, 0.1) is 10.9 Å². The molecule has 158 valence electrons. The van der Waals surface area contributed by atoms with E-state index in [0.717, 1.165) is 43.2 Å². The lowest BCUT2D eigenvalue weighted by atomic mass is 10.1. The van der Waals surface area contributed by atoms with Crippen molar-refractivity contribution in [1.29, 1.82) is 0 Å². The van der Waals surface area contributed by atoms with Crippen LogP contribution in [0.25, 0.3) is 10.7 Å². The van der Waals surface area contributed by atoms with Crippen molar-refractivity contribution >= 4 is 17.2 Å². The Bertz CT molecular complexity index is 920. The Morgan fingerprint density at radius 2 is 1.97 bits per heavy atom. The summed E-state index contributed by atoms with van der Waals surface area (Å²) in [6.45, 7) is 4.96. The summed E-state index contributed by atoms with van der Waals surface area (Å²) in [4.78, 5) is 22.8. The molecule has 7 nitrogen and oxygen atoms in total. The van der Waals surface area contributed by atoms with Gasteiger partial charge in [-0.3, -0.25) is 9.69 Å². The summed E-state index contributed by atoms with van der Waals surface area (Å²) >= 11 is 1.56. The van der Waals surface area contributed by atoms with Crippen LogP contribution in [0.15, 0.2) is 52.4 Å². The van der Waals surface area contributed by atoms with Crippen LogP contribution >= 0.6 is 11.3 Å². The van der Waals surface area contributed by atoms with Gasteiger partial charge in [0.25, 0.3) is 0 Å². The van der Waals surface area contributed by atoms with E-state index in [4.69, 9.17) is 4.52 Å². The van der Waals surface area contributed by atoms with Crippen LogP contribution < -0.4 is 5.32 Å². The third kappa shape index (κ3) is 5.53. The first-order valence-corrected chi connectivity index (χ1v) is 11.2. The van der Waals surface area contributed by atoms with Gasteiger partial charge in [0.1, 0.15) is 0 Å². The maximum absolute atomic E-state index is 12.7. The largest absolute Gasteiger partial charge is 0.348 e. The van der Waals surface area contributed by atoms with Gasteiger partial charge in [-0.05, 0) is 24.1 Å². The molecular weight excluding hydrogens is 398 g/mol. The van der Waals surface area contributed by atoms with Crippen molar-refractivity contribution < 1.29 is 9.32 Å². The molecule has 30 heavy (non-hydrogen) atoms. The van der Waals surface area contributed by atoms with Crippen LogP contribution in [0.3, 0.4) is 0 Å². The Morgan fingerprint density at radius 3 is 2.70 bits per heavy atom. The zero-order chi connectivity index (χ0) is 20.8. The standard InChI is InChI=1S/C22H27N5O2S/c1-26-11-13-27(14-12-26)16-18(17-6-3-2-4-7-17)23-20(28)9-10-21-24-22(25-29-21)19-8-5-15-30-19/h2-8,15,18H,9-14,16H2,1H3,(H,23,28). The lowest BCUT2D eigenvalue weighted by molar-refractivity contribution is -0.122. The van der Waals surface area contributed by atoms with Crippen LogP contribution in [-0.2, 0) is 11.2 Å². The van der Waals surface area contributed by atoms with Crippen molar-refractivity contribution in [2.45, 2.75) is 18.9 Å². The number of carbonyl (C=O) groups excluding carboxylic acids is 1. The number of nitrogens with one attached hydrogen (secondary N) is 1. The molecule has 0 radical (unpaired) electrons. The quantitative estimate of drug-likeness (QED) is 0.598. The molecule has 1 atom stereocenters. The third-order valence-corrected chi connectivity index (χ3v) is 6.22. The highest BCUT2D eigenvalue weighted by molar-refractivity contribution is 7.13. The predicted molar refractivity (Wildman–Crippen MR) is 117 cm³/mol. The number of hydrogen-bond acceptors (Lipinski definition) is 7. The molecule has 4 rings (SSSR count). The number of nitrogens with zero attached hydrogens (tertiary/aromatic N) is 4. The predicted octanol–water partition coefficient (Wildman–Crippen LogP) is 2.84. The average molecular weight is 426 g/mol. The number of amides is 1. The minimum atomic E-state index is -0.0357. The van der Waals surface area contributed by atoms with E-state index < -0.39 is 0 Å². The highest BCUT2D eigenvalue weighted by Gasteiger charge is 2.21. The maximum atomic E-state index is 12.7. The van der Waals surface area contributed by atoms with Crippen molar-refractivity contribution in [2.24, 2.45) is 0 Å². The minimum Gasteiger partial charge on any atom is -0.348 e. The summed E-state index contributed by atoms with van der Waals surface area (Å²) in [6.07, 6.45) is 0.748. The summed E-state index contributed by atoms with van der Waals surface area (Å²) < 4.78 is 5.31. The molecule has 1 unspecified atom stereocenters. The van der Waals surface area contributed by atoms with Gasteiger partial charge < -0.3 is 14.7 Å². The molecule has 1 N–H and O–H groups in total. The lowest BCUT2D eigenvalue weighted by Crippen LogP contribution is -2.47. The van der Waals surface area contributed by atoms with Crippen LogP contribution in [0.5, 0.6) is 0 Å². The van der Waals surface area contributed by atoms with Crippen LogP contribution in [0.4, 0.5) is 0 Å². The molecule has 1 fully saturated rings. The zero-order valence-electron chi connectivity index (χ0n) is 17.2. The van der Waals surface area contributed by atoms with Crippen LogP contribution in [0.2, 0.25) is 0 Å². The first kappa shape index (κ1) is 20.7. The molecule has 1 saturated heterocycles. The molecule has 3 aromatic rings. The Kier molecular flexibility index (Phi) is 6.88. The smallest absolute Gasteiger partial charge is 0.227 e. The first-order chi connectivity index (χ1) is 14.7. The Balaban J connectivity index is 1.34. The van der Waals surface area contributed by atoms with E-state index >= 15 is 0 Å². The fourth-order valence-corrected chi connectivity index (χ4v) is 4.21. The van der Waals surface area contributed by atoms with Gasteiger partial charge in [-0.15, -0.1) is 11.3 Å². The molecule has 0 spiro atoms. The van der Waals surface area contributed by atoms with E-state index in [2.05, 4.69) is 44.4 Å². The summed E-state index contributed by atoms with van der Waals surface area (Å²) in [5.74, 6) is 1.07. The van der Waals surface area contributed by atoms with E-state index in [1.54, 1.807) is 11.3 Å². The SMILES string of the molecule is CN1CCN(CC(NC(=O)CCc2nc(-c3cccs3)no2)c2ccccc2)CC1. The molecule has 1 amide bonds. The van der Waals surface area contributed by atoms with Crippen LogP contribution in [0.1, 0.15) is 23.9 Å². The average Bonchev–Trinajstić information content (AvgIpc) is 3.46. The van der Waals surface area contributed by atoms with E-state index in [1.165, 1.54) is 0 Å². The van der Waals surface area contributed by atoms with Gasteiger partial charge in [-0.2, -0.15) is 4.98 Å². The zero-order valence-corrected chi connectivity index (χ0v) is 18.0. The summed E-state index contributed by atoms with van der Waals surface area (Å²) in [7, 11) is 2.15. The van der Waals surface area contributed by atoms with E-state index in [0.29, 0.717) is 24.6 Å². The molecule has 0 aliphatic carbocycles. The van der Waals surface area contributed by atoms with Gasteiger partial charge in [0, 0.05) is 45.6 Å². The number of benzene rings is 1. The van der Waals surface area contributed by atoms with Gasteiger partial charge in [0.15, 0.2) is 0 Å². The van der Waals surface area contributed by atoms with Crippen molar-refractivity contribution in [3.05, 3.63) is 59.3 Å². The van der Waals surface area contributed by atoms with Crippen molar-refractivity contribution in [2.75, 3.05) is 39.8 Å². The number of aromatic nitrogens is 2. The van der Waals surface area contributed by atoms with Crippen molar-refractivity contribution in [3.8, 4) is 10.7 Å². The number of aryl methyl sites for hydroxylation is 1. The topological polar surface area (TPSA) is 74.5 Å². The highest BCUT2D eigenvalue weighted by Crippen LogP contribution is 2.21. The molecule has 1 aliphatic heterocycles. The number of piperazine rings is 1. The van der Waals surface area contributed by atoms with Gasteiger partial charge in [-0.1, -0.05) is 41.6 Å². The number of carbonyl (C=O) groups is 1. The molecule has 8 heteroatoms. The summed E-state index contributed by atoms with van der Waals surface area (Å²) in [6, 6.07) is 14.1. The molecular formula is C22H27N5O2S. The van der Waals surface area contributed by atoms with Crippen molar-refractivity contribution in [1.82, 2.24) is 25.3 Å². The van der Waals surface area contributed by atoms with E-state index in [-0.39, 0.29) is 11.9 Å². The second-order valence-electron chi connectivity index (χ2n) is 7.62. The fourth-order valence-electron chi connectivity index (χ4n) is 3.56. The van der Waals surface area contributed by atoms with Crippen LogP contribution in [0, 0.1) is 0 Å². The highest BCUT2D eigenvalue weighted by atomic mass is 32.1. The molecule has 0 saturated carbocycles. The molecule has 2 aromatic heterocycles. The van der Waals surface area contributed by atoms with Gasteiger partial charge in [-0.25, -0.2) is 0 Å². The molecule has 1 aliphatic rings. The second kappa shape index (κ2) is 9.97. The monoisotopic (exact) mass is 425 g/mol. The number of likely N-dealkylation sites (N-methyl/N-ethyl adjacent to an activating group) is 1. The fraction of sp³-hybridized carbons (Fsp3) is 0.409. The van der Waals surface area contributed by atoms with E-state index in [9.17, 15) is 4.79 Å². The third-order valence-electron chi connectivity index (χ3n) is 5.35. The van der Waals surface area contributed by atoms with Crippen LogP contribution in [-0.4, -0.2) is 65.6 Å². The lowest BCUT2D eigenvalue weighted by Gasteiger charge is -2.35. The van der Waals surface area contributed by atoms with E-state index in [1.807, 2.05) is 35.7 Å². The minimum absolute atomic E-state index is 0.00569. The number of hydrogen-bond donors (Lipinski definition) is 1. The summed E-state index contributed by atoms with van der Waals surface area (Å²) in [5, 5.41) is 9.20. The number of thiophene rings is 1. The Hall–Kier alpha value is -2.55. The van der Waals surface area contributed by atoms with Gasteiger partial charge in [0.2, 0.25) is 17.6 Å². The maximum Gasteiger partial charge on any atom is 0.227 e. The molecule has 1 aromatic carbocycles. The Labute approximate surface area is 180 Å². The summed E-state index contributed by atoms with van der Waals surface area (Å²) in [5.41, 5.74) is 1.13. The van der Waals surface area contributed by atoms with Crippen molar-refractivity contribution in [3.63, 3.8) is 0 Å². The molecule has 0 bridgehead atoms. The second-order valence-corrected chi connectivity index (χ2v) is 8.57. The normalized spacial score (nSPS) is 16.4. The number of rotatable bonds is 8. The first-order valence-electron chi connectivity index (χ1n) is 10.3. The molecule has 3 heterocycles.